The highest BCUT2D eigenvalue weighted by Crippen LogP contribution is 2.24. The first kappa shape index (κ1) is 26.8. The summed E-state index contributed by atoms with van der Waals surface area (Å²) in [7, 11) is 1.47. The molecule has 0 bridgehead atoms. The van der Waals surface area contributed by atoms with Crippen LogP contribution in [0.4, 0.5) is 17.2 Å². The van der Waals surface area contributed by atoms with Gasteiger partial charge in [-0.25, -0.2) is 4.79 Å². The average Bonchev–Trinajstić information content (AvgIpc) is 2.77. The summed E-state index contributed by atoms with van der Waals surface area (Å²) >= 11 is 0. The molecule has 0 unspecified atom stereocenters. The second-order valence-electron chi connectivity index (χ2n) is 8.83. The summed E-state index contributed by atoms with van der Waals surface area (Å²) in [4.78, 5) is 54.0. The Morgan fingerprint density at radius 1 is 1.15 bits per heavy atom. The summed E-state index contributed by atoms with van der Waals surface area (Å²) in [5.74, 6) is -0.587. The summed E-state index contributed by atoms with van der Waals surface area (Å²) in [5, 5.41) is 2.86. The number of hydrogen-bond donors (Lipinski definition) is 3. The Bertz CT molecular complexity index is 1120. The first-order valence-corrected chi connectivity index (χ1v) is 11.4. The van der Waals surface area contributed by atoms with Crippen LogP contribution in [0.1, 0.15) is 52.0 Å². The molecule has 0 aliphatic rings. The number of H-pyrrole nitrogens is 1. The summed E-state index contributed by atoms with van der Waals surface area (Å²) in [6.45, 7) is 8.33. The summed E-state index contributed by atoms with van der Waals surface area (Å²) in [6, 6.07) is 7.50. The molecule has 10 heteroatoms. The Balaban J connectivity index is 2.25. The van der Waals surface area contributed by atoms with E-state index in [-0.39, 0.29) is 61.8 Å². The lowest BCUT2D eigenvalue weighted by Crippen LogP contribution is -2.43. The van der Waals surface area contributed by atoms with Gasteiger partial charge in [-0.15, -0.1) is 0 Å². The Kier molecular flexibility index (Phi) is 9.61. The number of rotatable bonds is 11. The number of aromatic nitrogens is 2. The molecule has 10 nitrogen and oxygen atoms in total. The fourth-order valence-corrected chi connectivity index (χ4v) is 3.61. The van der Waals surface area contributed by atoms with Gasteiger partial charge in [-0.05, 0) is 23.5 Å². The van der Waals surface area contributed by atoms with Gasteiger partial charge in [0, 0.05) is 38.7 Å². The molecule has 2 aromatic rings. The number of nitrogen functional groups attached to an aromatic ring is 1. The van der Waals surface area contributed by atoms with Gasteiger partial charge in [-0.1, -0.05) is 45.9 Å². The van der Waals surface area contributed by atoms with E-state index in [1.54, 1.807) is 0 Å². The van der Waals surface area contributed by atoms with Gasteiger partial charge >= 0.3 is 5.69 Å². The molecular weight excluding hydrogens is 438 g/mol. The molecule has 0 saturated heterocycles. The first-order valence-electron chi connectivity index (χ1n) is 11.4. The van der Waals surface area contributed by atoms with E-state index in [0.717, 1.165) is 5.56 Å². The second-order valence-corrected chi connectivity index (χ2v) is 8.83. The molecule has 0 radical (unpaired) electrons. The van der Waals surface area contributed by atoms with E-state index in [1.165, 1.54) is 16.6 Å². The maximum atomic E-state index is 13.1. The number of benzene rings is 1. The van der Waals surface area contributed by atoms with Crippen LogP contribution in [0.25, 0.3) is 0 Å². The smallest absolute Gasteiger partial charge is 0.330 e. The third kappa shape index (κ3) is 6.80. The Morgan fingerprint density at radius 3 is 2.44 bits per heavy atom. The highest BCUT2D eigenvalue weighted by atomic mass is 16.5. The van der Waals surface area contributed by atoms with E-state index in [2.05, 4.69) is 10.3 Å². The van der Waals surface area contributed by atoms with Gasteiger partial charge in [0.2, 0.25) is 11.8 Å². The van der Waals surface area contributed by atoms with Crippen molar-refractivity contribution in [1.29, 1.82) is 0 Å². The number of nitrogens with one attached hydrogen (secondary N) is 2. The third-order valence-electron chi connectivity index (χ3n) is 5.27. The molecule has 0 saturated carbocycles. The van der Waals surface area contributed by atoms with Crippen molar-refractivity contribution in [1.82, 2.24) is 9.55 Å². The molecule has 0 spiro atoms. The van der Waals surface area contributed by atoms with E-state index >= 15 is 0 Å². The molecule has 4 N–H and O–H groups in total. The lowest BCUT2D eigenvalue weighted by Gasteiger charge is -2.24. The van der Waals surface area contributed by atoms with Crippen LogP contribution in [0.2, 0.25) is 0 Å². The first-order chi connectivity index (χ1) is 16.1. The quantitative estimate of drug-likeness (QED) is 0.458. The van der Waals surface area contributed by atoms with Gasteiger partial charge in [0.25, 0.3) is 5.56 Å². The van der Waals surface area contributed by atoms with E-state index in [0.29, 0.717) is 5.69 Å². The summed E-state index contributed by atoms with van der Waals surface area (Å²) < 4.78 is 6.33. The van der Waals surface area contributed by atoms with Crippen molar-refractivity contribution in [2.45, 2.75) is 53.0 Å². The zero-order valence-corrected chi connectivity index (χ0v) is 20.5. The van der Waals surface area contributed by atoms with Crippen LogP contribution in [0.5, 0.6) is 0 Å². The number of aromatic amines is 1. The molecule has 0 fully saturated rings. The topological polar surface area (TPSA) is 140 Å². The number of methoxy groups -OCH3 is 1. The molecule has 0 atom stereocenters. The van der Waals surface area contributed by atoms with Crippen LogP contribution in [0, 0.1) is 5.92 Å². The zero-order valence-electron chi connectivity index (χ0n) is 20.5. The number of para-hydroxylation sites is 1. The van der Waals surface area contributed by atoms with Crippen molar-refractivity contribution in [2.75, 3.05) is 36.2 Å². The standard InChI is InChI=1S/C24H35N5O5/c1-15(2)14-29-22(25)21(23(32)27-24(29)33)28(12-13-34-5)20(31)11-10-19(30)26-18-9-7-6-8-17(18)16(3)4/h6-9,15-16H,10-14,25H2,1-5H3,(H,26,30)(H,27,32,33). The van der Waals surface area contributed by atoms with Gasteiger partial charge in [-0.3, -0.25) is 23.9 Å². The van der Waals surface area contributed by atoms with Crippen LogP contribution in [0.15, 0.2) is 33.9 Å². The molecule has 2 rings (SSSR count). The monoisotopic (exact) mass is 473 g/mol. The number of nitrogens with zero attached hydrogens (tertiary/aromatic N) is 2. The maximum Gasteiger partial charge on any atom is 0.330 e. The van der Waals surface area contributed by atoms with Crippen molar-refractivity contribution in [2.24, 2.45) is 5.92 Å². The number of carbonyl (C=O) groups is 2. The lowest BCUT2D eigenvalue weighted by atomic mass is 10.0. The van der Waals surface area contributed by atoms with Crippen LogP contribution < -0.4 is 27.2 Å². The fraction of sp³-hybridized carbons (Fsp3) is 0.500. The molecule has 0 aliphatic carbocycles. The molecule has 2 amide bonds. The minimum absolute atomic E-state index is 0.0420. The number of amides is 2. The Hall–Kier alpha value is -3.40. The molecule has 186 valence electrons. The van der Waals surface area contributed by atoms with Crippen molar-refractivity contribution < 1.29 is 14.3 Å². The van der Waals surface area contributed by atoms with Crippen molar-refractivity contribution in [3.63, 3.8) is 0 Å². The number of anilines is 3. The maximum absolute atomic E-state index is 13.1. The van der Waals surface area contributed by atoms with Crippen molar-refractivity contribution in [3.8, 4) is 0 Å². The minimum Gasteiger partial charge on any atom is -0.383 e. The molecule has 1 aromatic heterocycles. The van der Waals surface area contributed by atoms with Crippen LogP contribution in [0.3, 0.4) is 0 Å². The fourth-order valence-electron chi connectivity index (χ4n) is 3.61. The van der Waals surface area contributed by atoms with Gasteiger partial charge in [0.1, 0.15) is 5.82 Å². The van der Waals surface area contributed by atoms with E-state index < -0.39 is 17.2 Å². The number of nitrogens with two attached hydrogens (primary N) is 1. The van der Waals surface area contributed by atoms with Crippen molar-refractivity contribution >= 4 is 29.0 Å². The molecular formula is C24H35N5O5. The Labute approximate surface area is 199 Å². The van der Waals surface area contributed by atoms with Gasteiger partial charge in [-0.2, -0.15) is 0 Å². The normalized spacial score (nSPS) is 11.1. The van der Waals surface area contributed by atoms with E-state index in [9.17, 15) is 19.2 Å². The zero-order chi connectivity index (χ0) is 25.4. The highest BCUT2D eigenvalue weighted by Gasteiger charge is 2.25. The average molecular weight is 474 g/mol. The lowest BCUT2D eigenvalue weighted by molar-refractivity contribution is -0.122. The van der Waals surface area contributed by atoms with Crippen LogP contribution >= 0.6 is 0 Å². The number of ether oxygens (including phenoxy) is 1. The number of carbonyl (C=O) groups excluding carboxylic acids is 2. The summed E-state index contributed by atoms with van der Waals surface area (Å²) in [6.07, 6.45) is -0.236. The summed E-state index contributed by atoms with van der Waals surface area (Å²) in [5.41, 5.74) is 6.36. The van der Waals surface area contributed by atoms with Gasteiger partial charge in [0.15, 0.2) is 5.69 Å². The number of hydrogen-bond acceptors (Lipinski definition) is 6. The van der Waals surface area contributed by atoms with Gasteiger partial charge in [0.05, 0.1) is 6.61 Å². The molecule has 0 aliphatic heterocycles. The predicted octanol–water partition coefficient (Wildman–Crippen LogP) is 2.30. The van der Waals surface area contributed by atoms with Gasteiger partial charge < -0.3 is 20.7 Å². The highest BCUT2D eigenvalue weighted by molar-refractivity contribution is 5.99. The Morgan fingerprint density at radius 2 is 1.82 bits per heavy atom. The van der Waals surface area contributed by atoms with Crippen molar-refractivity contribution in [3.05, 3.63) is 50.7 Å². The SMILES string of the molecule is COCCN(C(=O)CCC(=O)Nc1ccccc1C(C)C)c1c(N)n(CC(C)C)c(=O)[nH]c1=O. The third-order valence-corrected chi connectivity index (χ3v) is 5.27. The van der Waals surface area contributed by atoms with E-state index in [4.69, 9.17) is 10.5 Å². The van der Waals surface area contributed by atoms with Crippen LogP contribution in [-0.2, 0) is 20.9 Å². The van der Waals surface area contributed by atoms with Crippen LogP contribution in [-0.4, -0.2) is 41.6 Å². The molecule has 34 heavy (non-hydrogen) atoms. The predicted molar refractivity (Wildman–Crippen MR) is 133 cm³/mol. The minimum atomic E-state index is -0.762. The largest absolute Gasteiger partial charge is 0.383 e. The second kappa shape index (κ2) is 12.2. The molecule has 1 heterocycles. The van der Waals surface area contributed by atoms with E-state index in [1.807, 2.05) is 52.0 Å². The molecule has 1 aromatic carbocycles.